The van der Waals surface area contributed by atoms with E-state index in [0.717, 1.165) is 25.7 Å². The van der Waals surface area contributed by atoms with E-state index in [2.05, 4.69) is 10.6 Å². The van der Waals surface area contributed by atoms with Crippen molar-refractivity contribution < 1.29 is 14.7 Å². The molecule has 5 heteroatoms. The molecule has 1 aliphatic rings. The first-order chi connectivity index (χ1) is 7.59. The summed E-state index contributed by atoms with van der Waals surface area (Å²) in [6.07, 6.45) is 4.71. The smallest absolute Gasteiger partial charge is 0.309 e. The van der Waals surface area contributed by atoms with Crippen LogP contribution >= 0.6 is 0 Å². The van der Waals surface area contributed by atoms with Crippen LogP contribution in [0.15, 0.2) is 0 Å². The summed E-state index contributed by atoms with van der Waals surface area (Å²) >= 11 is 0. The van der Waals surface area contributed by atoms with Crippen LogP contribution in [-0.2, 0) is 9.59 Å². The van der Waals surface area contributed by atoms with Crippen molar-refractivity contribution in [3.05, 3.63) is 0 Å². The van der Waals surface area contributed by atoms with Gasteiger partial charge in [-0.1, -0.05) is 19.3 Å². The molecule has 5 nitrogen and oxygen atoms in total. The Kier molecular flexibility index (Phi) is 5.25. The van der Waals surface area contributed by atoms with Crippen LogP contribution < -0.4 is 10.6 Å². The number of aliphatic hydroxyl groups is 1. The Labute approximate surface area is 95.6 Å². The van der Waals surface area contributed by atoms with Gasteiger partial charge in [-0.15, -0.1) is 0 Å². The number of carbonyl (C=O) groups is 2. The average molecular weight is 228 g/mol. The molecular weight excluding hydrogens is 208 g/mol. The Morgan fingerprint density at radius 1 is 1.25 bits per heavy atom. The summed E-state index contributed by atoms with van der Waals surface area (Å²) in [4.78, 5) is 22.7. The quantitative estimate of drug-likeness (QED) is 0.592. The minimum Gasteiger partial charge on any atom is -0.392 e. The standard InChI is InChI=1S/C11H20N2O3/c1-8(14)7-12-10(15)11(16)13-9-5-3-2-4-6-9/h8-9,14H,2-7H2,1H3,(H,12,15)(H,13,16). The molecule has 3 N–H and O–H groups in total. The summed E-state index contributed by atoms with van der Waals surface area (Å²) in [5, 5.41) is 14.0. The van der Waals surface area contributed by atoms with Gasteiger partial charge in [0.05, 0.1) is 6.10 Å². The number of amides is 2. The van der Waals surface area contributed by atoms with Crippen LogP contribution in [0.5, 0.6) is 0 Å². The van der Waals surface area contributed by atoms with E-state index in [4.69, 9.17) is 5.11 Å². The predicted molar refractivity (Wildman–Crippen MR) is 59.7 cm³/mol. The number of rotatable bonds is 3. The normalized spacial score (nSPS) is 18.9. The molecule has 0 aromatic heterocycles. The predicted octanol–water partition coefficient (Wildman–Crippen LogP) is -0.0677. The number of hydrogen-bond donors (Lipinski definition) is 3. The molecule has 0 aliphatic heterocycles. The maximum Gasteiger partial charge on any atom is 0.309 e. The molecule has 0 saturated heterocycles. The van der Waals surface area contributed by atoms with E-state index in [9.17, 15) is 9.59 Å². The van der Waals surface area contributed by atoms with E-state index in [0.29, 0.717) is 0 Å². The molecule has 92 valence electrons. The summed E-state index contributed by atoms with van der Waals surface area (Å²) in [7, 11) is 0. The van der Waals surface area contributed by atoms with Crippen molar-refractivity contribution in [3.63, 3.8) is 0 Å². The highest BCUT2D eigenvalue weighted by atomic mass is 16.3. The van der Waals surface area contributed by atoms with Crippen molar-refractivity contribution in [1.29, 1.82) is 0 Å². The van der Waals surface area contributed by atoms with Crippen LogP contribution in [-0.4, -0.2) is 35.6 Å². The first-order valence-corrected chi connectivity index (χ1v) is 5.86. The van der Waals surface area contributed by atoms with Crippen molar-refractivity contribution in [2.75, 3.05) is 6.54 Å². The SMILES string of the molecule is CC(O)CNC(=O)C(=O)NC1CCCCC1. The van der Waals surface area contributed by atoms with E-state index in [1.807, 2.05) is 0 Å². The van der Waals surface area contributed by atoms with Gasteiger partial charge in [-0.3, -0.25) is 9.59 Å². The second-order valence-electron chi connectivity index (χ2n) is 4.37. The van der Waals surface area contributed by atoms with Gasteiger partial charge in [0.25, 0.3) is 0 Å². The van der Waals surface area contributed by atoms with Crippen LogP contribution in [0.4, 0.5) is 0 Å². The molecule has 16 heavy (non-hydrogen) atoms. The van der Waals surface area contributed by atoms with Crippen LogP contribution in [0, 0.1) is 0 Å². The van der Waals surface area contributed by atoms with Crippen LogP contribution in [0.1, 0.15) is 39.0 Å². The number of aliphatic hydroxyl groups excluding tert-OH is 1. The van der Waals surface area contributed by atoms with E-state index in [1.54, 1.807) is 6.92 Å². The van der Waals surface area contributed by atoms with Gasteiger partial charge in [0.15, 0.2) is 0 Å². The van der Waals surface area contributed by atoms with E-state index in [-0.39, 0.29) is 12.6 Å². The minimum atomic E-state index is -0.661. The van der Waals surface area contributed by atoms with Gasteiger partial charge in [-0.25, -0.2) is 0 Å². The highest BCUT2D eigenvalue weighted by Crippen LogP contribution is 2.17. The third-order valence-corrected chi connectivity index (χ3v) is 2.70. The molecular formula is C11H20N2O3. The van der Waals surface area contributed by atoms with Gasteiger partial charge >= 0.3 is 11.8 Å². The monoisotopic (exact) mass is 228 g/mol. The molecule has 0 bridgehead atoms. The fourth-order valence-corrected chi connectivity index (χ4v) is 1.82. The lowest BCUT2D eigenvalue weighted by atomic mass is 9.95. The molecule has 2 amide bonds. The molecule has 1 saturated carbocycles. The largest absolute Gasteiger partial charge is 0.392 e. The third kappa shape index (κ3) is 4.61. The Morgan fingerprint density at radius 2 is 1.88 bits per heavy atom. The van der Waals surface area contributed by atoms with Gasteiger partial charge in [-0.05, 0) is 19.8 Å². The zero-order valence-corrected chi connectivity index (χ0v) is 9.66. The van der Waals surface area contributed by atoms with Gasteiger partial charge in [-0.2, -0.15) is 0 Å². The van der Waals surface area contributed by atoms with Gasteiger partial charge in [0.1, 0.15) is 0 Å². The lowest BCUT2D eigenvalue weighted by Gasteiger charge is -2.22. The molecule has 0 spiro atoms. The molecule has 0 aromatic rings. The summed E-state index contributed by atoms with van der Waals surface area (Å²) in [6, 6.07) is 0.138. The van der Waals surface area contributed by atoms with Crippen molar-refractivity contribution in [3.8, 4) is 0 Å². The summed E-state index contributed by atoms with van der Waals surface area (Å²) in [5.74, 6) is -1.25. The maximum atomic E-state index is 11.4. The van der Waals surface area contributed by atoms with Crippen molar-refractivity contribution in [2.24, 2.45) is 0 Å². The Morgan fingerprint density at radius 3 is 2.44 bits per heavy atom. The number of hydrogen-bond acceptors (Lipinski definition) is 3. The fraction of sp³-hybridized carbons (Fsp3) is 0.818. The average Bonchev–Trinajstić information content (AvgIpc) is 2.27. The Bertz CT molecular complexity index is 248. The minimum absolute atomic E-state index is 0.108. The molecule has 0 radical (unpaired) electrons. The summed E-state index contributed by atoms with van der Waals surface area (Å²) in [5.41, 5.74) is 0. The first-order valence-electron chi connectivity index (χ1n) is 5.86. The zero-order chi connectivity index (χ0) is 12.0. The fourth-order valence-electron chi connectivity index (χ4n) is 1.82. The topological polar surface area (TPSA) is 78.4 Å². The molecule has 1 aliphatic carbocycles. The Balaban J connectivity index is 2.25. The summed E-state index contributed by atoms with van der Waals surface area (Å²) in [6.45, 7) is 1.66. The second kappa shape index (κ2) is 6.48. The molecule has 1 rings (SSSR count). The van der Waals surface area contributed by atoms with Gasteiger partial charge in [0, 0.05) is 12.6 Å². The van der Waals surface area contributed by atoms with Gasteiger partial charge < -0.3 is 15.7 Å². The second-order valence-corrected chi connectivity index (χ2v) is 4.37. The van der Waals surface area contributed by atoms with Crippen molar-refractivity contribution >= 4 is 11.8 Å². The maximum absolute atomic E-state index is 11.4. The lowest BCUT2D eigenvalue weighted by Crippen LogP contribution is -2.46. The zero-order valence-electron chi connectivity index (χ0n) is 9.66. The highest BCUT2D eigenvalue weighted by Gasteiger charge is 2.20. The van der Waals surface area contributed by atoms with E-state index in [1.165, 1.54) is 6.42 Å². The van der Waals surface area contributed by atoms with E-state index < -0.39 is 17.9 Å². The molecule has 1 unspecified atom stereocenters. The third-order valence-electron chi connectivity index (χ3n) is 2.70. The molecule has 0 heterocycles. The van der Waals surface area contributed by atoms with Gasteiger partial charge in [0.2, 0.25) is 0 Å². The van der Waals surface area contributed by atoms with Crippen LogP contribution in [0.2, 0.25) is 0 Å². The molecule has 1 fully saturated rings. The highest BCUT2D eigenvalue weighted by molar-refractivity contribution is 6.35. The van der Waals surface area contributed by atoms with Crippen molar-refractivity contribution in [1.82, 2.24) is 10.6 Å². The van der Waals surface area contributed by atoms with Crippen LogP contribution in [0.3, 0.4) is 0 Å². The number of carbonyl (C=O) groups excluding carboxylic acids is 2. The Hall–Kier alpha value is -1.10. The van der Waals surface area contributed by atoms with Crippen molar-refractivity contribution in [2.45, 2.75) is 51.2 Å². The summed E-state index contributed by atoms with van der Waals surface area (Å²) < 4.78 is 0. The van der Waals surface area contributed by atoms with Crippen LogP contribution in [0.25, 0.3) is 0 Å². The molecule has 1 atom stereocenters. The number of nitrogens with one attached hydrogen (secondary N) is 2. The first kappa shape index (κ1) is 13.0. The molecule has 0 aromatic carbocycles. The van der Waals surface area contributed by atoms with E-state index >= 15 is 0 Å². The lowest BCUT2D eigenvalue weighted by molar-refractivity contribution is -0.140.